The minimum Gasteiger partial charge on any atom is -0.423 e. The molecule has 1 saturated heterocycles. The summed E-state index contributed by atoms with van der Waals surface area (Å²) in [4.78, 5) is 50.6. The maximum Gasteiger partial charge on any atom is 0.336 e. The number of hydrogen-bond acceptors (Lipinski definition) is 5. The van der Waals surface area contributed by atoms with Gasteiger partial charge < -0.3 is 19.4 Å². The van der Waals surface area contributed by atoms with E-state index >= 15 is 0 Å². The van der Waals surface area contributed by atoms with Crippen molar-refractivity contribution in [1.29, 1.82) is 0 Å². The molecule has 2 heterocycles. The van der Waals surface area contributed by atoms with Crippen molar-refractivity contribution < 1.29 is 23.2 Å². The van der Waals surface area contributed by atoms with Crippen molar-refractivity contribution in [3.05, 3.63) is 69.3 Å². The summed E-state index contributed by atoms with van der Waals surface area (Å²) in [6.07, 6.45) is 1.91. The van der Waals surface area contributed by atoms with Crippen LogP contribution in [0.15, 0.2) is 51.7 Å². The molecule has 0 radical (unpaired) electrons. The number of hydrogen-bond donors (Lipinski definition) is 1. The van der Waals surface area contributed by atoms with Gasteiger partial charge in [-0.1, -0.05) is 23.7 Å². The van der Waals surface area contributed by atoms with Crippen LogP contribution in [-0.4, -0.2) is 48.0 Å². The minimum absolute atomic E-state index is 0.128. The highest BCUT2D eigenvalue weighted by Gasteiger charge is 2.30. The number of nitrogens with one attached hydrogen (secondary N) is 1. The van der Waals surface area contributed by atoms with Crippen LogP contribution in [-0.2, 0) is 14.4 Å². The molecule has 1 fully saturated rings. The number of likely N-dealkylation sites (tertiary alicyclic amines) is 1. The van der Waals surface area contributed by atoms with Crippen LogP contribution in [0, 0.1) is 5.82 Å². The Bertz CT molecular complexity index is 1360. The number of alkyl halides is 1. The first-order valence-corrected chi connectivity index (χ1v) is 11.8. The summed E-state index contributed by atoms with van der Waals surface area (Å²) in [5.41, 5.74) is 0.745. The van der Waals surface area contributed by atoms with Gasteiger partial charge in [0.05, 0.1) is 5.02 Å². The monoisotopic (exact) mass is 518 g/mol. The highest BCUT2D eigenvalue weighted by molar-refractivity contribution is 6.33. The second-order valence-corrected chi connectivity index (χ2v) is 8.97. The second kappa shape index (κ2) is 10.6. The van der Waals surface area contributed by atoms with E-state index in [-0.39, 0.29) is 35.0 Å². The number of rotatable bonds is 6. The standard InChI is InChI=1S/C25H21Cl2FN2O5/c26-11-23(32)29-16-2-1-7-30(12-16)25(34)20(13-31)14-3-5-18-19(10-24(33)35-22(18)8-14)17-6-4-15(28)9-21(17)27/h3-6,8-10,13,16,20H,1-2,7,11-12H2,(H,29,32)/t16-,20-/m0/s1. The van der Waals surface area contributed by atoms with Gasteiger partial charge >= 0.3 is 5.63 Å². The number of piperidine rings is 1. The molecular weight excluding hydrogens is 498 g/mol. The molecule has 3 aromatic rings. The molecular formula is C25H21Cl2FN2O5. The van der Waals surface area contributed by atoms with Gasteiger partial charge in [0.1, 0.15) is 29.5 Å². The quantitative estimate of drug-likeness (QED) is 0.231. The van der Waals surface area contributed by atoms with Crippen LogP contribution in [0.3, 0.4) is 0 Å². The van der Waals surface area contributed by atoms with Crippen molar-refractivity contribution in [1.82, 2.24) is 10.2 Å². The van der Waals surface area contributed by atoms with Gasteiger partial charge in [0.25, 0.3) is 0 Å². The number of nitrogens with zero attached hydrogens (tertiary/aromatic N) is 1. The Morgan fingerprint density at radius 3 is 2.71 bits per heavy atom. The van der Waals surface area contributed by atoms with Crippen molar-refractivity contribution in [3.63, 3.8) is 0 Å². The number of carbonyl (C=O) groups is 3. The Kier molecular flexibility index (Phi) is 7.52. The third kappa shape index (κ3) is 5.39. The van der Waals surface area contributed by atoms with E-state index in [0.717, 1.165) is 6.07 Å². The fourth-order valence-electron chi connectivity index (χ4n) is 4.34. The molecule has 1 aliphatic rings. The van der Waals surface area contributed by atoms with Gasteiger partial charge in [0.2, 0.25) is 11.8 Å². The molecule has 182 valence electrons. The number of carbonyl (C=O) groups excluding carboxylic acids is 3. The zero-order chi connectivity index (χ0) is 25.1. The summed E-state index contributed by atoms with van der Waals surface area (Å²) < 4.78 is 18.9. The molecule has 2 amide bonds. The Balaban J connectivity index is 1.66. The summed E-state index contributed by atoms with van der Waals surface area (Å²) >= 11 is 11.8. The fraction of sp³-hybridized carbons (Fsp3) is 0.280. The largest absolute Gasteiger partial charge is 0.423 e. The van der Waals surface area contributed by atoms with Gasteiger partial charge in [0.15, 0.2) is 0 Å². The normalized spacial score (nSPS) is 16.7. The molecule has 10 heteroatoms. The Labute approximate surface area is 209 Å². The number of aldehydes is 1. The molecule has 35 heavy (non-hydrogen) atoms. The molecule has 0 aliphatic carbocycles. The molecule has 0 spiro atoms. The summed E-state index contributed by atoms with van der Waals surface area (Å²) in [6, 6.07) is 9.57. The van der Waals surface area contributed by atoms with E-state index in [4.69, 9.17) is 27.6 Å². The summed E-state index contributed by atoms with van der Waals surface area (Å²) in [7, 11) is 0. The van der Waals surface area contributed by atoms with E-state index in [2.05, 4.69) is 5.32 Å². The van der Waals surface area contributed by atoms with E-state index in [9.17, 15) is 23.6 Å². The van der Waals surface area contributed by atoms with Crippen LogP contribution >= 0.6 is 23.2 Å². The van der Waals surface area contributed by atoms with Crippen molar-refractivity contribution in [2.75, 3.05) is 19.0 Å². The van der Waals surface area contributed by atoms with Crippen LogP contribution in [0.25, 0.3) is 22.1 Å². The molecule has 2 aromatic carbocycles. The number of benzene rings is 2. The van der Waals surface area contributed by atoms with E-state index in [1.54, 1.807) is 12.1 Å². The Morgan fingerprint density at radius 2 is 2.00 bits per heavy atom. The van der Waals surface area contributed by atoms with Gasteiger partial charge in [-0.25, -0.2) is 9.18 Å². The first-order valence-electron chi connectivity index (χ1n) is 10.9. The summed E-state index contributed by atoms with van der Waals surface area (Å²) in [5, 5.41) is 3.42. The zero-order valence-corrected chi connectivity index (χ0v) is 19.9. The second-order valence-electron chi connectivity index (χ2n) is 8.30. The third-order valence-electron chi connectivity index (χ3n) is 5.97. The predicted molar refractivity (Wildman–Crippen MR) is 130 cm³/mol. The van der Waals surface area contributed by atoms with E-state index < -0.39 is 23.3 Å². The van der Waals surface area contributed by atoms with E-state index in [1.807, 2.05) is 0 Å². The average molecular weight is 519 g/mol. The highest BCUT2D eigenvalue weighted by Crippen LogP contribution is 2.34. The van der Waals surface area contributed by atoms with Gasteiger partial charge in [-0.05, 0) is 42.7 Å². The number of amides is 2. The lowest BCUT2D eigenvalue weighted by atomic mass is 9.94. The predicted octanol–water partition coefficient (Wildman–Crippen LogP) is 3.88. The molecule has 0 bridgehead atoms. The van der Waals surface area contributed by atoms with Crippen LogP contribution < -0.4 is 10.9 Å². The zero-order valence-electron chi connectivity index (χ0n) is 18.4. The molecule has 1 aromatic heterocycles. The maximum absolute atomic E-state index is 13.5. The first kappa shape index (κ1) is 24.9. The first-order chi connectivity index (χ1) is 16.8. The molecule has 7 nitrogen and oxygen atoms in total. The van der Waals surface area contributed by atoms with Crippen molar-refractivity contribution in [2.24, 2.45) is 0 Å². The van der Waals surface area contributed by atoms with Crippen LogP contribution in [0.4, 0.5) is 4.39 Å². The summed E-state index contributed by atoms with van der Waals surface area (Å²) in [6.45, 7) is 0.716. The van der Waals surface area contributed by atoms with Crippen molar-refractivity contribution in [3.8, 4) is 11.1 Å². The van der Waals surface area contributed by atoms with Gasteiger partial charge in [-0.15, -0.1) is 11.6 Å². The molecule has 4 rings (SSSR count). The minimum atomic E-state index is -1.12. The lowest BCUT2D eigenvalue weighted by Crippen LogP contribution is -2.51. The van der Waals surface area contributed by atoms with E-state index in [1.165, 1.54) is 29.2 Å². The topological polar surface area (TPSA) is 96.7 Å². The number of fused-ring (bicyclic) bond motifs is 1. The Morgan fingerprint density at radius 1 is 1.20 bits per heavy atom. The van der Waals surface area contributed by atoms with Gasteiger partial charge in [-0.3, -0.25) is 9.59 Å². The Hall–Kier alpha value is -3.23. The molecule has 1 aliphatic heterocycles. The van der Waals surface area contributed by atoms with Crippen LogP contribution in [0.1, 0.15) is 24.3 Å². The smallest absolute Gasteiger partial charge is 0.336 e. The lowest BCUT2D eigenvalue weighted by Gasteiger charge is -2.34. The highest BCUT2D eigenvalue weighted by atomic mass is 35.5. The molecule has 0 saturated carbocycles. The van der Waals surface area contributed by atoms with E-state index in [0.29, 0.717) is 47.7 Å². The van der Waals surface area contributed by atoms with Crippen LogP contribution in [0.5, 0.6) is 0 Å². The molecule has 0 unspecified atom stereocenters. The molecule has 2 atom stereocenters. The van der Waals surface area contributed by atoms with Crippen molar-refractivity contribution in [2.45, 2.75) is 24.8 Å². The summed E-state index contributed by atoms with van der Waals surface area (Å²) in [5.74, 6) is -2.54. The average Bonchev–Trinajstić information content (AvgIpc) is 2.84. The fourth-order valence-corrected chi connectivity index (χ4v) is 4.69. The molecule has 1 N–H and O–H groups in total. The van der Waals surface area contributed by atoms with Crippen LogP contribution in [0.2, 0.25) is 5.02 Å². The van der Waals surface area contributed by atoms with Crippen molar-refractivity contribution >= 4 is 52.3 Å². The van der Waals surface area contributed by atoms with Gasteiger partial charge in [-0.2, -0.15) is 0 Å². The third-order valence-corrected chi connectivity index (χ3v) is 6.53. The number of halogens is 3. The van der Waals surface area contributed by atoms with Gasteiger partial charge in [0, 0.05) is 41.7 Å². The lowest BCUT2D eigenvalue weighted by molar-refractivity contribution is -0.136. The maximum atomic E-state index is 13.5. The SMILES string of the molecule is O=C[C@H](C(=O)N1CCC[C@H](NC(=O)CCl)C1)c1ccc2c(-c3ccc(F)cc3Cl)cc(=O)oc2c1.